The molecule has 1 saturated heterocycles. The van der Waals surface area contributed by atoms with Crippen molar-refractivity contribution in [2.75, 3.05) is 18.5 Å². The van der Waals surface area contributed by atoms with Crippen LogP contribution in [-0.2, 0) is 4.74 Å². The van der Waals surface area contributed by atoms with Crippen molar-refractivity contribution >= 4 is 17.3 Å². The molecule has 1 aliphatic rings. The topological polar surface area (TPSA) is 45.0 Å². The summed E-state index contributed by atoms with van der Waals surface area (Å²) in [5.74, 6) is 0. The molecule has 1 aromatic rings. The third-order valence-electron chi connectivity index (χ3n) is 3.06. The van der Waals surface area contributed by atoms with Crippen molar-refractivity contribution in [2.45, 2.75) is 25.4 Å². The van der Waals surface area contributed by atoms with Crippen LogP contribution < -0.4 is 5.32 Å². The molecular weight excluding hydrogens is 236 g/mol. The molecule has 1 unspecified atom stereocenters. The van der Waals surface area contributed by atoms with Crippen molar-refractivity contribution in [1.29, 1.82) is 5.26 Å². The van der Waals surface area contributed by atoms with E-state index in [2.05, 4.69) is 18.3 Å². The lowest BCUT2D eigenvalue weighted by Gasteiger charge is -2.24. The van der Waals surface area contributed by atoms with Crippen molar-refractivity contribution in [3.05, 3.63) is 28.8 Å². The van der Waals surface area contributed by atoms with Gasteiger partial charge in [0.2, 0.25) is 0 Å². The summed E-state index contributed by atoms with van der Waals surface area (Å²) in [6.45, 7) is 3.60. The van der Waals surface area contributed by atoms with Crippen LogP contribution in [0.15, 0.2) is 18.2 Å². The van der Waals surface area contributed by atoms with Gasteiger partial charge in [0.15, 0.2) is 0 Å². The van der Waals surface area contributed by atoms with Crippen LogP contribution in [0.1, 0.15) is 25.3 Å². The van der Waals surface area contributed by atoms with Gasteiger partial charge in [0, 0.05) is 18.2 Å². The monoisotopic (exact) mass is 250 g/mol. The fourth-order valence-electron chi connectivity index (χ4n) is 2.02. The SMILES string of the molecule is CC1(CNc2cc(Cl)ccc2C#N)CCCO1. The highest BCUT2D eigenvalue weighted by molar-refractivity contribution is 6.30. The number of nitriles is 1. The maximum Gasteiger partial charge on any atom is 0.101 e. The molecule has 1 heterocycles. The predicted octanol–water partition coefficient (Wildman–Crippen LogP) is 3.19. The highest BCUT2D eigenvalue weighted by Crippen LogP contribution is 2.27. The van der Waals surface area contributed by atoms with Gasteiger partial charge in [0.1, 0.15) is 6.07 Å². The highest BCUT2D eigenvalue weighted by atomic mass is 35.5. The number of hydrogen-bond donors (Lipinski definition) is 1. The minimum absolute atomic E-state index is 0.130. The van der Waals surface area contributed by atoms with Crippen molar-refractivity contribution < 1.29 is 4.74 Å². The molecule has 0 amide bonds. The normalized spacial score (nSPS) is 23.4. The summed E-state index contributed by atoms with van der Waals surface area (Å²) in [5, 5.41) is 12.9. The van der Waals surface area contributed by atoms with E-state index >= 15 is 0 Å². The van der Waals surface area contributed by atoms with Crippen LogP contribution in [0.5, 0.6) is 0 Å². The van der Waals surface area contributed by atoms with Crippen molar-refractivity contribution in [1.82, 2.24) is 0 Å². The molecule has 0 aliphatic carbocycles. The molecular formula is C13H15ClN2O. The lowest BCUT2D eigenvalue weighted by Crippen LogP contribution is -2.32. The van der Waals surface area contributed by atoms with Crippen molar-refractivity contribution in [3.8, 4) is 6.07 Å². The number of halogens is 1. The molecule has 4 heteroatoms. The first-order valence-electron chi connectivity index (χ1n) is 5.70. The number of nitrogens with one attached hydrogen (secondary N) is 1. The minimum atomic E-state index is -0.130. The van der Waals surface area contributed by atoms with Crippen LogP contribution in [0.2, 0.25) is 5.02 Å². The zero-order valence-electron chi connectivity index (χ0n) is 9.79. The quantitative estimate of drug-likeness (QED) is 0.896. The number of nitrogens with zero attached hydrogens (tertiary/aromatic N) is 1. The van der Waals surface area contributed by atoms with Crippen LogP contribution in [0.25, 0.3) is 0 Å². The summed E-state index contributed by atoms with van der Waals surface area (Å²) in [4.78, 5) is 0. The van der Waals surface area contributed by atoms with Gasteiger partial charge < -0.3 is 10.1 Å². The standard InChI is InChI=1S/C13H15ClN2O/c1-13(5-2-6-17-13)9-16-12-7-11(14)4-3-10(12)8-15/h3-4,7,16H,2,5-6,9H2,1H3. The fourth-order valence-corrected chi connectivity index (χ4v) is 2.19. The molecule has 1 fully saturated rings. The van der Waals surface area contributed by atoms with Crippen molar-refractivity contribution in [2.24, 2.45) is 0 Å². The van der Waals surface area contributed by atoms with Crippen LogP contribution >= 0.6 is 11.6 Å². The average molecular weight is 251 g/mol. The van der Waals surface area contributed by atoms with Gasteiger partial charge in [-0.2, -0.15) is 5.26 Å². The van der Waals surface area contributed by atoms with E-state index in [1.54, 1.807) is 18.2 Å². The third kappa shape index (κ3) is 2.91. The van der Waals surface area contributed by atoms with E-state index in [9.17, 15) is 0 Å². The predicted molar refractivity (Wildman–Crippen MR) is 68.2 cm³/mol. The number of benzene rings is 1. The van der Waals surface area contributed by atoms with Gasteiger partial charge in [0.05, 0.1) is 16.9 Å². The Balaban J connectivity index is 2.08. The lowest BCUT2D eigenvalue weighted by atomic mass is 10.0. The summed E-state index contributed by atoms with van der Waals surface area (Å²) in [7, 11) is 0. The molecule has 1 aliphatic heterocycles. The van der Waals surface area contributed by atoms with E-state index in [0.717, 1.165) is 25.1 Å². The number of rotatable bonds is 3. The Hall–Kier alpha value is -1.24. The van der Waals surface area contributed by atoms with Gasteiger partial charge in [-0.15, -0.1) is 0 Å². The highest BCUT2D eigenvalue weighted by Gasteiger charge is 2.29. The Labute approximate surface area is 106 Å². The maximum atomic E-state index is 9.00. The van der Waals surface area contributed by atoms with Crippen molar-refractivity contribution in [3.63, 3.8) is 0 Å². The Bertz CT molecular complexity index is 447. The summed E-state index contributed by atoms with van der Waals surface area (Å²) < 4.78 is 5.69. The van der Waals surface area contributed by atoms with E-state index in [-0.39, 0.29) is 5.60 Å². The van der Waals surface area contributed by atoms with Crippen LogP contribution in [0.3, 0.4) is 0 Å². The summed E-state index contributed by atoms with van der Waals surface area (Å²) >= 11 is 5.92. The molecule has 3 nitrogen and oxygen atoms in total. The first-order chi connectivity index (χ1) is 8.13. The van der Waals surface area contributed by atoms with Gasteiger partial charge in [-0.1, -0.05) is 11.6 Å². The molecule has 0 bridgehead atoms. The summed E-state index contributed by atoms with van der Waals surface area (Å²) in [5.41, 5.74) is 1.25. The molecule has 1 aromatic carbocycles. The van der Waals surface area contributed by atoms with Gasteiger partial charge in [-0.3, -0.25) is 0 Å². The zero-order chi connectivity index (χ0) is 12.3. The Kier molecular flexibility index (Phi) is 3.56. The van der Waals surface area contributed by atoms with E-state index in [4.69, 9.17) is 21.6 Å². The van der Waals surface area contributed by atoms with E-state index in [1.165, 1.54) is 0 Å². The second-order valence-corrected chi connectivity index (χ2v) is 4.99. The maximum absolute atomic E-state index is 9.00. The van der Waals surface area contributed by atoms with E-state index in [0.29, 0.717) is 17.1 Å². The van der Waals surface area contributed by atoms with Crippen LogP contribution in [-0.4, -0.2) is 18.8 Å². The smallest absolute Gasteiger partial charge is 0.101 e. The van der Waals surface area contributed by atoms with Gasteiger partial charge in [-0.25, -0.2) is 0 Å². The molecule has 0 radical (unpaired) electrons. The zero-order valence-corrected chi connectivity index (χ0v) is 10.5. The molecule has 17 heavy (non-hydrogen) atoms. The molecule has 2 rings (SSSR count). The molecule has 0 saturated carbocycles. The van der Waals surface area contributed by atoms with E-state index < -0.39 is 0 Å². The summed E-state index contributed by atoms with van der Waals surface area (Å²) in [6.07, 6.45) is 2.14. The van der Waals surface area contributed by atoms with Crippen LogP contribution in [0, 0.1) is 11.3 Å². The van der Waals surface area contributed by atoms with Gasteiger partial charge >= 0.3 is 0 Å². The lowest BCUT2D eigenvalue weighted by molar-refractivity contribution is 0.0315. The second kappa shape index (κ2) is 4.95. The third-order valence-corrected chi connectivity index (χ3v) is 3.29. The molecule has 0 spiro atoms. The number of hydrogen-bond acceptors (Lipinski definition) is 3. The average Bonchev–Trinajstić information content (AvgIpc) is 2.74. The molecule has 90 valence electrons. The summed E-state index contributed by atoms with van der Waals surface area (Å²) in [6, 6.07) is 7.37. The first kappa shape index (κ1) is 12.2. The number of anilines is 1. The fraction of sp³-hybridized carbons (Fsp3) is 0.462. The Morgan fingerprint density at radius 2 is 2.41 bits per heavy atom. The molecule has 1 N–H and O–H groups in total. The molecule has 1 atom stereocenters. The molecule has 0 aromatic heterocycles. The first-order valence-corrected chi connectivity index (χ1v) is 6.08. The Morgan fingerprint density at radius 3 is 3.06 bits per heavy atom. The largest absolute Gasteiger partial charge is 0.381 e. The Morgan fingerprint density at radius 1 is 1.59 bits per heavy atom. The minimum Gasteiger partial charge on any atom is -0.381 e. The van der Waals surface area contributed by atoms with Gasteiger partial charge in [-0.05, 0) is 38.0 Å². The van der Waals surface area contributed by atoms with Crippen LogP contribution in [0.4, 0.5) is 5.69 Å². The second-order valence-electron chi connectivity index (χ2n) is 4.56. The number of ether oxygens (including phenoxy) is 1. The van der Waals surface area contributed by atoms with Gasteiger partial charge in [0.25, 0.3) is 0 Å². The van der Waals surface area contributed by atoms with E-state index in [1.807, 2.05) is 0 Å².